The lowest BCUT2D eigenvalue weighted by molar-refractivity contribution is 0.270. The summed E-state index contributed by atoms with van der Waals surface area (Å²) in [5.41, 5.74) is 7.23. The largest absolute Gasteiger partial charge is 0.370 e. The van der Waals surface area contributed by atoms with Gasteiger partial charge in [-0.15, -0.1) is 0 Å². The van der Waals surface area contributed by atoms with Crippen molar-refractivity contribution in [1.82, 2.24) is 4.90 Å². The molecule has 1 atom stereocenters. The molecule has 0 radical (unpaired) electrons. The van der Waals surface area contributed by atoms with E-state index >= 15 is 0 Å². The van der Waals surface area contributed by atoms with Crippen LogP contribution in [0.1, 0.15) is 33.6 Å². The van der Waals surface area contributed by atoms with Gasteiger partial charge in [0.15, 0.2) is 5.96 Å². The Morgan fingerprint density at radius 1 is 1.53 bits per heavy atom. The summed E-state index contributed by atoms with van der Waals surface area (Å²) in [6, 6.07) is 0. The first kappa shape index (κ1) is 12.1. The summed E-state index contributed by atoms with van der Waals surface area (Å²) < 4.78 is 0. The monoisotopic (exact) mass is 209 g/mol. The standard InChI is InChI=1S/C12H23N3/c1-10(2)6-7-14-12(13)15-8-4-5-11(3)9-15/h6,11H,4-5,7-9H2,1-3H3,(H2,13,14)/t11-/m0/s1. The van der Waals surface area contributed by atoms with Crippen LogP contribution in [0.3, 0.4) is 0 Å². The van der Waals surface area contributed by atoms with E-state index in [1.54, 1.807) is 0 Å². The highest BCUT2D eigenvalue weighted by Crippen LogP contribution is 2.14. The average Bonchev–Trinajstić information content (AvgIpc) is 2.17. The van der Waals surface area contributed by atoms with Crippen molar-refractivity contribution in [1.29, 1.82) is 0 Å². The van der Waals surface area contributed by atoms with Crippen molar-refractivity contribution in [2.45, 2.75) is 33.6 Å². The summed E-state index contributed by atoms with van der Waals surface area (Å²) in [5, 5.41) is 0. The first-order valence-corrected chi connectivity index (χ1v) is 5.78. The highest BCUT2D eigenvalue weighted by atomic mass is 15.3. The van der Waals surface area contributed by atoms with Gasteiger partial charge in [0, 0.05) is 13.1 Å². The molecule has 1 fully saturated rings. The highest BCUT2D eigenvalue weighted by Gasteiger charge is 2.17. The lowest BCUT2D eigenvalue weighted by atomic mass is 10.0. The lowest BCUT2D eigenvalue weighted by Crippen LogP contribution is -2.43. The van der Waals surface area contributed by atoms with Crippen LogP contribution >= 0.6 is 0 Å². The quantitative estimate of drug-likeness (QED) is 0.429. The molecule has 0 saturated carbocycles. The molecular weight excluding hydrogens is 186 g/mol. The molecule has 0 spiro atoms. The van der Waals surface area contributed by atoms with Crippen LogP contribution in [0.2, 0.25) is 0 Å². The number of likely N-dealkylation sites (tertiary alicyclic amines) is 1. The molecule has 1 saturated heterocycles. The van der Waals surface area contributed by atoms with Gasteiger partial charge in [0.2, 0.25) is 0 Å². The zero-order valence-electron chi connectivity index (χ0n) is 10.2. The summed E-state index contributed by atoms with van der Waals surface area (Å²) in [4.78, 5) is 6.57. The third-order valence-electron chi connectivity index (χ3n) is 2.73. The van der Waals surface area contributed by atoms with Crippen molar-refractivity contribution in [2.75, 3.05) is 19.6 Å². The maximum Gasteiger partial charge on any atom is 0.191 e. The number of guanidine groups is 1. The average molecular weight is 209 g/mol. The Bertz CT molecular complexity index is 252. The molecule has 0 bridgehead atoms. The van der Waals surface area contributed by atoms with E-state index in [2.05, 4.69) is 36.7 Å². The van der Waals surface area contributed by atoms with Gasteiger partial charge in [-0.1, -0.05) is 18.6 Å². The molecule has 15 heavy (non-hydrogen) atoms. The first-order valence-electron chi connectivity index (χ1n) is 5.78. The molecule has 1 aliphatic heterocycles. The fourth-order valence-electron chi connectivity index (χ4n) is 1.82. The number of hydrogen-bond acceptors (Lipinski definition) is 1. The van der Waals surface area contributed by atoms with E-state index in [1.165, 1.54) is 18.4 Å². The van der Waals surface area contributed by atoms with E-state index in [0.717, 1.165) is 19.0 Å². The van der Waals surface area contributed by atoms with Crippen LogP contribution in [0.15, 0.2) is 16.6 Å². The second-order valence-corrected chi connectivity index (χ2v) is 4.67. The predicted octanol–water partition coefficient (Wildman–Crippen LogP) is 2.00. The third kappa shape index (κ3) is 4.36. The fourth-order valence-corrected chi connectivity index (χ4v) is 1.82. The summed E-state index contributed by atoms with van der Waals surface area (Å²) in [7, 11) is 0. The number of piperidine rings is 1. The van der Waals surface area contributed by atoms with E-state index in [4.69, 9.17) is 5.73 Å². The van der Waals surface area contributed by atoms with Crippen LogP contribution < -0.4 is 5.73 Å². The van der Waals surface area contributed by atoms with Crippen LogP contribution in [-0.4, -0.2) is 30.5 Å². The van der Waals surface area contributed by atoms with Gasteiger partial charge >= 0.3 is 0 Å². The molecule has 3 nitrogen and oxygen atoms in total. The van der Waals surface area contributed by atoms with Gasteiger partial charge in [0.1, 0.15) is 0 Å². The van der Waals surface area contributed by atoms with Crippen molar-refractivity contribution in [2.24, 2.45) is 16.6 Å². The molecule has 2 N–H and O–H groups in total. The minimum absolute atomic E-state index is 0.707. The number of aliphatic imine (C=N–C) groups is 1. The highest BCUT2D eigenvalue weighted by molar-refractivity contribution is 5.78. The third-order valence-corrected chi connectivity index (χ3v) is 2.73. The lowest BCUT2D eigenvalue weighted by Gasteiger charge is -2.31. The molecule has 0 aromatic carbocycles. The Balaban J connectivity index is 2.44. The molecule has 0 unspecified atom stereocenters. The van der Waals surface area contributed by atoms with Crippen molar-refractivity contribution < 1.29 is 0 Å². The van der Waals surface area contributed by atoms with Crippen molar-refractivity contribution >= 4 is 5.96 Å². The zero-order valence-corrected chi connectivity index (χ0v) is 10.2. The van der Waals surface area contributed by atoms with E-state index in [9.17, 15) is 0 Å². The van der Waals surface area contributed by atoms with Crippen LogP contribution in [-0.2, 0) is 0 Å². The van der Waals surface area contributed by atoms with Crippen molar-refractivity contribution in [3.8, 4) is 0 Å². The minimum atomic E-state index is 0.707. The topological polar surface area (TPSA) is 41.6 Å². The number of allylic oxidation sites excluding steroid dienone is 1. The van der Waals surface area contributed by atoms with Crippen LogP contribution in [0.4, 0.5) is 0 Å². The fraction of sp³-hybridized carbons (Fsp3) is 0.750. The number of rotatable bonds is 2. The van der Waals surface area contributed by atoms with Crippen LogP contribution in [0.5, 0.6) is 0 Å². The Morgan fingerprint density at radius 2 is 2.27 bits per heavy atom. The van der Waals surface area contributed by atoms with Crippen molar-refractivity contribution in [3.05, 3.63) is 11.6 Å². The van der Waals surface area contributed by atoms with Gasteiger partial charge in [-0.3, -0.25) is 0 Å². The molecule has 0 aromatic heterocycles. The minimum Gasteiger partial charge on any atom is -0.370 e. The van der Waals surface area contributed by atoms with Gasteiger partial charge in [-0.25, -0.2) is 4.99 Å². The summed E-state index contributed by atoms with van der Waals surface area (Å²) in [5.74, 6) is 1.45. The zero-order chi connectivity index (χ0) is 11.3. The molecule has 1 heterocycles. The summed E-state index contributed by atoms with van der Waals surface area (Å²) in [6.45, 7) is 9.26. The Labute approximate surface area is 93.1 Å². The number of nitrogens with zero attached hydrogens (tertiary/aromatic N) is 2. The Morgan fingerprint density at radius 3 is 2.87 bits per heavy atom. The van der Waals surface area contributed by atoms with E-state index in [1.807, 2.05) is 0 Å². The molecule has 1 rings (SSSR count). The van der Waals surface area contributed by atoms with Gasteiger partial charge in [0.25, 0.3) is 0 Å². The first-order chi connectivity index (χ1) is 7.09. The normalized spacial score (nSPS) is 22.7. The number of hydrogen-bond donors (Lipinski definition) is 1. The molecule has 1 aliphatic rings. The maximum atomic E-state index is 5.94. The molecule has 0 aliphatic carbocycles. The van der Waals surface area contributed by atoms with E-state index in [0.29, 0.717) is 12.5 Å². The molecule has 3 heteroatoms. The molecule has 86 valence electrons. The maximum absolute atomic E-state index is 5.94. The Hall–Kier alpha value is -0.990. The predicted molar refractivity (Wildman–Crippen MR) is 65.9 cm³/mol. The van der Waals surface area contributed by atoms with Crippen LogP contribution in [0, 0.1) is 5.92 Å². The van der Waals surface area contributed by atoms with Gasteiger partial charge in [-0.2, -0.15) is 0 Å². The SMILES string of the molecule is CC(C)=CCN=C(N)N1CCC[C@H](C)C1. The van der Waals surface area contributed by atoms with Crippen LogP contribution in [0.25, 0.3) is 0 Å². The van der Waals surface area contributed by atoms with Gasteiger partial charge in [0.05, 0.1) is 6.54 Å². The summed E-state index contributed by atoms with van der Waals surface area (Å²) in [6.07, 6.45) is 4.65. The van der Waals surface area contributed by atoms with Gasteiger partial charge in [-0.05, 0) is 32.6 Å². The summed E-state index contributed by atoms with van der Waals surface area (Å²) >= 11 is 0. The second-order valence-electron chi connectivity index (χ2n) is 4.67. The molecular formula is C12H23N3. The van der Waals surface area contributed by atoms with E-state index < -0.39 is 0 Å². The number of nitrogens with two attached hydrogens (primary N) is 1. The Kier molecular flexibility index (Phi) is 4.66. The second kappa shape index (κ2) is 5.79. The van der Waals surface area contributed by atoms with Gasteiger partial charge < -0.3 is 10.6 Å². The van der Waals surface area contributed by atoms with Crippen molar-refractivity contribution in [3.63, 3.8) is 0 Å². The molecule has 0 amide bonds. The van der Waals surface area contributed by atoms with E-state index in [-0.39, 0.29) is 0 Å². The molecule has 0 aromatic rings. The smallest absolute Gasteiger partial charge is 0.191 e.